The number of carbonyl (C=O) groups is 1. The Balaban J connectivity index is 2.00. The minimum absolute atomic E-state index is 0.00726. The van der Waals surface area contributed by atoms with E-state index in [-0.39, 0.29) is 11.3 Å². The lowest BCUT2D eigenvalue weighted by Gasteiger charge is -2.23. The number of anilines is 1. The maximum Gasteiger partial charge on any atom is 0.416 e. The number of urea groups is 1. The van der Waals surface area contributed by atoms with Crippen LogP contribution in [-0.2, 0) is 12.4 Å². The number of hydrogen-bond donors (Lipinski definition) is 2. The molecule has 2 aromatic heterocycles. The molecule has 2 heterocycles. The van der Waals surface area contributed by atoms with Gasteiger partial charge in [-0.2, -0.15) is 26.3 Å². The van der Waals surface area contributed by atoms with Gasteiger partial charge in [-0.25, -0.2) is 4.79 Å². The first-order valence-corrected chi connectivity index (χ1v) is 8.71. The molecule has 0 unspecified atom stereocenters. The van der Waals surface area contributed by atoms with E-state index in [4.69, 9.17) is 0 Å². The number of rotatable bonds is 4. The molecule has 0 bridgehead atoms. The first-order valence-electron chi connectivity index (χ1n) is 8.71. The van der Waals surface area contributed by atoms with Crippen LogP contribution in [0.3, 0.4) is 0 Å². The van der Waals surface area contributed by atoms with Gasteiger partial charge < -0.3 is 10.6 Å². The molecular formula is C20H14F6N4O. The number of carbonyl (C=O) groups excluding carboxylic acids is 1. The Hall–Kier alpha value is -3.63. The van der Waals surface area contributed by atoms with E-state index < -0.39 is 41.1 Å². The molecule has 0 aliphatic rings. The third-order valence-electron chi connectivity index (χ3n) is 4.23. The summed E-state index contributed by atoms with van der Waals surface area (Å²) in [5.74, 6) is 0. The van der Waals surface area contributed by atoms with E-state index in [0.29, 0.717) is 0 Å². The number of nitrogens with one attached hydrogen (secondary N) is 2. The third-order valence-corrected chi connectivity index (χ3v) is 4.23. The van der Waals surface area contributed by atoms with Crippen molar-refractivity contribution in [1.82, 2.24) is 15.3 Å². The molecule has 2 amide bonds. The summed E-state index contributed by atoms with van der Waals surface area (Å²) in [4.78, 5) is 19.9. The summed E-state index contributed by atoms with van der Waals surface area (Å²) >= 11 is 0. The van der Waals surface area contributed by atoms with Gasteiger partial charge in [0.05, 0.1) is 29.1 Å². The Labute approximate surface area is 172 Å². The maximum atomic E-state index is 13.5. The second-order valence-electron chi connectivity index (χ2n) is 6.35. The average molecular weight is 440 g/mol. The second kappa shape index (κ2) is 8.62. The van der Waals surface area contributed by atoms with Gasteiger partial charge in [0, 0.05) is 24.2 Å². The topological polar surface area (TPSA) is 66.9 Å². The largest absolute Gasteiger partial charge is 0.416 e. The number of nitrogens with zero attached hydrogens (tertiary/aromatic N) is 2. The van der Waals surface area contributed by atoms with E-state index in [1.54, 1.807) is 0 Å². The van der Waals surface area contributed by atoms with Crippen molar-refractivity contribution >= 4 is 11.7 Å². The van der Waals surface area contributed by atoms with Gasteiger partial charge in [-0.3, -0.25) is 9.97 Å². The third kappa shape index (κ3) is 5.50. The first kappa shape index (κ1) is 22.1. The molecular weight excluding hydrogens is 426 g/mol. The highest BCUT2D eigenvalue weighted by Gasteiger charge is 2.36. The zero-order chi connectivity index (χ0) is 22.6. The van der Waals surface area contributed by atoms with Crippen molar-refractivity contribution in [2.24, 2.45) is 0 Å². The minimum Gasteiger partial charge on any atom is -0.327 e. The highest BCUT2D eigenvalue weighted by molar-refractivity contribution is 5.89. The summed E-state index contributed by atoms with van der Waals surface area (Å²) in [6, 6.07) is 4.93. The van der Waals surface area contributed by atoms with Gasteiger partial charge in [-0.1, -0.05) is 12.1 Å². The molecule has 3 aromatic rings. The SMILES string of the molecule is O=C(Nc1cccnc1)N[C@@H](c1ccc(C(F)(F)F)cc1)c1cnccc1C(F)(F)F. The normalized spacial score (nSPS) is 12.8. The van der Waals surface area contributed by atoms with Crippen molar-refractivity contribution in [3.8, 4) is 0 Å². The number of aromatic nitrogens is 2. The Morgan fingerprint density at radius 2 is 1.52 bits per heavy atom. The Bertz CT molecular complexity index is 1040. The van der Waals surface area contributed by atoms with Crippen LogP contribution in [0.5, 0.6) is 0 Å². The number of amides is 2. The molecule has 0 radical (unpaired) electrons. The molecule has 0 aliphatic heterocycles. The van der Waals surface area contributed by atoms with E-state index in [2.05, 4.69) is 20.6 Å². The van der Waals surface area contributed by atoms with Gasteiger partial charge in [-0.05, 0) is 35.9 Å². The number of hydrogen-bond acceptors (Lipinski definition) is 3. The molecule has 0 saturated carbocycles. The van der Waals surface area contributed by atoms with Crippen LogP contribution in [0.4, 0.5) is 36.8 Å². The van der Waals surface area contributed by atoms with Crippen molar-refractivity contribution in [1.29, 1.82) is 0 Å². The highest BCUT2D eigenvalue weighted by Crippen LogP contribution is 2.37. The molecule has 0 aliphatic carbocycles. The lowest BCUT2D eigenvalue weighted by Crippen LogP contribution is -2.34. The fourth-order valence-corrected chi connectivity index (χ4v) is 2.84. The summed E-state index contributed by atoms with van der Waals surface area (Å²) in [7, 11) is 0. The summed E-state index contributed by atoms with van der Waals surface area (Å²) in [5, 5.41) is 4.78. The Morgan fingerprint density at radius 1 is 0.839 bits per heavy atom. The van der Waals surface area contributed by atoms with Crippen molar-refractivity contribution in [3.63, 3.8) is 0 Å². The fourth-order valence-electron chi connectivity index (χ4n) is 2.84. The second-order valence-corrected chi connectivity index (χ2v) is 6.35. The summed E-state index contributed by atoms with van der Waals surface area (Å²) in [5.41, 5.74) is -2.19. The van der Waals surface area contributed by atoms with E-state index in [0.717, 1.165) is 42.7 Å². The van der Waals surface area contributed by atoms with Crippen LogP contribution in [-0.4, -0.2) is 16.0 Å². The smallest absolute Gasteiger partial charge is 0.327 e. The Kier molecular flexibility index (Phi) is 6.14. The zero-order valence-electron chi connectivity index (χ0n) is 15.5. The fraction of sp³-hybridized carbons (Fsp3) is 0.150. The lowest BCUT2D eigenvalue weighted by atomic mass is 9.95. The predicted molar refractivity (Wildman–Crippen MR) is 98.9 cm³/mol. The quantitative estimate of drug-likeness (QED) is 0.532. The van der Waals surface area contributed by atoms with Gasteiger partial charge in [-0.15, -0.1) is 0 Å². The van der Waals surface area contributed by atoms with Crippen LogP contribution in [0, 0.1) is 0 Å². The Morgan fingerprint density at radius 3 is 2.10 bits per heavy atom. The van der Waals surface area contributed by atoms with Gasteiger partial charge in [0.15, 0.2) is 0 Å². The van der Waals surface area contributed by atoms with E-state index in [1.807, 2.05) is 0 Å². The van der Waals surface area contributed by atoms with Crippen LogP contribution in [0.2, 0.25) is 0 Å². The summed E-state index contributed by atoms with van der Waals surface area (Å²) in [6.07, 6.45) is -4.77. The maximum absolute atomic E-state index is 13.5. The van der Waals surface area contributed by atoms with Crippen molar-refractivity contribution < 1.29 is 31.1 Å². The molecule has 3 rings (SSSR count). The van der Waals surface area contributed by atoms with Gasteiger partial charge >= 0.3 is 18.4 Å². The molecule has 1 atom stereocenters. The van der Waals surface area contributed by atoms with Crippen LogP contribution in [0.1, 0.15) is 28.3 Å². The van der Waals surface area contributed by atoms with Crippen molar-refractivity contribution in [2.45, 2.75) is 18.4 Å². The molecule has 2 N–H and O–H groups in total. The number of pyridine rings is 2. The molecule has 0 saturated heterocycles. The molecule has 0 fully saturated rings. The van der Waals surface area contributed by atoms with Crippen molar-refractivity contribution in [3.05, 3.63) is 89.5 Å². The van der Waals surface area contributed by atoms with Crippen LogP contribution in [0.15, 0.2) is 67.3 Å². The number of benzene rings is 1. The van der Waals surface area contributed by atoms with Gasteiger partial charge in [0.1, 0.15) is 0 Å². The van der Waals surface area contributed by atoms with Crippen molar-refractivity contribution in [2.75, 3.05) is 5.32 Å². The van der Waals surface area contributed by atoms with Crippen LogP contribution in [0.25, 0.3) is 0 Å². The zero-order valence-corrected chi connectivity index (χ0v) is 15.5. The van der Waals surface area contributed by atoms with E-state index in [9.17, 15) is 31.1 Å². The molecule has 31 heavy (non-hydrogen) atoms. The summed E-state index contributed by atoms with van der Waals surface area (Å²) in [6.45, 7) is 0. The molecule has 0 spiro atoms. The first-order chi connectivity index (χ1) is 14.6. The van der Waals surface area contributed by atoms with E-state index >= 15 is 0 Å². The van der Waals surface area contributed by atoms with E-state index in [1.165, 1.54) is 24.5 Å². The molecule has 11 heteroatoms. The minimum atomic E-state index is -4.77. The number of halogens is 6. The molecule has 162 valence electrons. The lowest BCUT2D eigenvalue weighted by molar-refractivity contribution is -0.138. The average Bonchev–Trinajstić information content (AvgIpc) is 2.72. The van der Waals surface area contributed by atoms with Crippen LogP contribution >= 0.6 is 0 Å². The standard InChI is InChI=1S/C20H14F6N4O/c21-19(22,23)13-5-3-12(4-6-13)17(15-11-28-9-7-16(15)20(24,25)26)30-18(31)29-14-2-1-8-27-10-14/h1-11,17H,(H2,29,30,31)/t17-/m0/s1. The predicted octanol–water partition coefficient (Wildman–Crippen LogP) is 5.43. The highest BCUT2D eigenvalue weighted by atomic mass is 19.4. The van der Waals surface area contributed by atoms with Crippen LogP contribution < -0.4 is 10.6 Å². The monoisotopic (exact) mass is 440 g/mol. The summed E-state index contributed by atoms with van der Waals surface area (Å²) < 4.78 is 79.2. The van der Waals surface area contributed by atoms with Gasteiger partial charge in [0.2, 0.25) is 0 Å². The van der Waals surface area contributed by atoms with Gasteiger partial charge in [0.25, 0.3) is 0 Å². The molecule has 5 nitrogen and oxygen atoms in total. The number of alkyl halides is 6. The molecule has 1 aromatic carbocycles.